The van der Waals surface area contributed by atoms with Crippen LogP contribution in [0.1, 0.15) is 37.3 Å². The highest BCUT2D eigenvalue weighted by molar-refractivity contribution is 5.77. The van der Waals surface area contributed by atoms with Crippen molar-refractivity contribution in [2.45, 2.75) is 32.4 Å². The second-order valence-electron chi connectivity index (χ2n) is 7.07. The zero-order valence-corrected chi connectivity index (χ0v) is 17.1. The van der Waals surface area contributed by atoms with Gasteiger partial charge in [0.1, 0.15) is 11.6 Å². The first-order valence-corrected chi connectivity index (χ1v) is 9.72. The molecule has 0 radical (unpaired) electrons. The lowest BCUT2D eigenvalue weighted by atomic mass is 10.2. The number of nitrogens with zero attached hydrogens (tertiary/aromatic N) is 4. The average molecular weight is 397 g/mol. The van der Waals surface area contributed by atoms with Gasteiger partial charge in [0.05, 0.1) is 18.3 Å². The van der Waals surface area contributed by atoms with Crippen molar-refractivity contribution in [2.24, 2.45) is 0 Å². The number of nitrogens with one attached hydrogen (secondary N) is 1. The van der Waals surface area contributed by atoms with Crippen LogP contribution in [-0.2, 0) is 16.1 Å². The van der Waals surface area contributed by atoms with Gasteiger partial charge in [0.15, 0.2) is 12.4 Å². The van der Waals surface area contributed by atoms with Crippen LogP contribution in [0.25, 0.3) is 0 Å². The monoisotopic (exact) mass is 397 g/mol. The van der Waals surface area contributed by atoms with E-state index in [1.54, 1.807) is 30.8 Å². The van der Waals surface area contributed by atoms with E-state index in [4.69, 9.17) is 4.74 Å². The Labute approximate surface area is 170 Å². The van der Waals surface area contributed by atoms with Crippen LogP contribution in [0.3, 0.4) is 0 Å². The third-order valence-corrected chi connectivity index (χ3v) is 4.94. The Hall–Kier alpha value is -3.16. The van der Waals surface area contributed by atoms with Crippen LogP contribution in [0.2, 0.25) is 0 Å². The minimum atomic E-state index is -0.147. The summed E-state index contributed by atoms with van der Waals surface area (Å²) >= 11 is 0. The molecule has 0 bridgehead atoms. The van der Waals surface area contributed by atoms with Crippen molar-refractivity contribution < 1.29 is 14.3 Å². The molecule has 8 heteroatoms. The smallest absolute Gasteiger partial charge is 0.260 e. The van der Waals surface area contributed by atoms with E-state index in [0.29, 0.717) is 29.6 Å². The first-order valence-electron chi connectivity index (χ1n) is 9.72. The summed E-state index contributed by atoms with van der Waals surface area (Å²) in [7, 11) is 3.50. The molecule has 0 unspecified atom stereocenters. The van der Waals surface area contributed by atoms with E-state index in [1.165, 1.54) is 0 Å². The van der Waals surface area contributed by atoms with E-state index in [9.17, 15) is 9.59 Å². The van der Waals surface area contributed by atoms with E-state index in [-0.39, 0.29) is 24.5 Å². The van der Waals surface area contributed by atoms with Crippen LogP contribution in [0.15, 0.2) is 36.4 Å². The number of benzene rings is 1. The van der Waals surface area contributed by atoms with Gasteiger partial charge < -0.3 is 19.9 Å². The van der Waals surface area contributed by atoms with Gasteiger partial charge in [-0.15, -0.1) is 0 Å². The second kappa shape index (κ2) is 9.36. The standard InChI is InChI=1S/C21H27N5O3/c1-15(27)26-11-7-10-18(26)21-23-16(12-19(22-2)24-21)13-25(3)20(28)14-29-17-8-5-4-6-9-17/h4-6,8-9,12,18H,7,10-11,13-14H2,1-3H3,(H,22,23,24)/t18-/m0/s1. The molecule has 3 rings (SSSR count). The molecular formula is C21H27N5O3. The molecule has 0 aliphatic carbocycles. The second-order valence-corrected chi connectivity index (χ2v) is 7.07. The number of ether oxygens (including phenoxy) is 1. The van der Waals surface area contributed by atoms with Crippen LogP contribution < -0.4 is 10.1 Å². The quantitative estimate of drug-likeness (QED) is 0.771. The first kappa shape index (κ1) is 20.6. The van der Waals surface area contributed by atoms with E-state index in [1.807, 2.05) is 36.4 Å². The third-order valence-electron chi connectivity index (χ3n) is 4.94. The lowest BCUT2D eigenvalue weighted by molar-refractivity contribution is -0.132. The van der Waals surface area contributed by atoms with Crippen molar-refractivity contribution in [3.63, 3.8) is 0 Å². The zero-order valence-electron chi connectivity index (χ0n) is 17.1. The number of anilines is 1. The Morgan fingerprint density at radius 2 is 2.03 bits per heavy atom. The minimum absolute atomic E-state index is 0.0258. The number of para-hydroxylation sites is 1. The molecule has 29 heavy (non-hydrogen) atoms. The van der Waals surface area contributed by atoms with Crippen molar-refractivity contribution in [1.82, 2.24) is 19.8 Å². The fraction of sp³-hybridized carbons (Fsp3) is 0.429. The van der Waals surface area contributed by atoms with Crippen molar-refractivity contribution in [1.29, 1.82) is 0 Å². The SMILES string of the molecule is CNc1cc(CN(C)C(=O)COc2ccccc2)nc([C@@H]2CCCN2C(C)=O)n1. The number of amides is 2. The van der Waals surface area contributed by atoms with Gasteiger partial charge in [0.2, 0.25) is 5.91 Å². The highest BCUT2D eigenvalue weighted by Crippen LogP contribution is 2.30. The molecule has 154 valence electrons. The van der Waals surface area contributed by atoms with Crippen molar-refractivity contribution in [2.75, 3.05) is 32.6 Å². The fourth-order valence-electron chi connectivity index (χ4n) is 3.39. The van der Waals surface area contributed by atoms with Gasteiger partial charge >= 0.3 is 0 Å². The molecule has 0 saturated carbocycles. The van der Waals surface area contributed by atoms with Gasteiger partial charge in [-0.05, 0) is 25.0 Å². The predicted octanol–water partition coefficient (Wildman–Crippen LogP) is 2.24. The summed E-state index contributed by atoms with van der Waals surface area (Å²) in [6, 6.07) is 10.9. The number of likely N-dealkylation sites (tertiary alicyclic amines) is 1. The number of carbonyl (C=O) groups excluding carboxylic acids is 2. The highest BCUT2D eigenvalue weighted by atomic mass is 16.5. The van der Waals surface area contributed by atoms with Crippen molar-refractivity contribution in [3.05, 3.63) is 47.9 Å². The number of hydrogen-bond donors (Lipinski definition) is 1. The molecule has 1 aromatic carbocycles. The van der Waals surface area contributed by atoms with Crippen LogP contribution in [0.4, 0.5) is 5.82 Å². The highest BCUT2D eigenvalue weighted by Gasteiger charge is 2.30. The molecule has 2 heterocycles. The number of likely N-dealkylation sites (N-methyl/N-ethyl adjacent to an activating group) is 1. The normalized spacial score (nSPS) is 15.8. The first-order chi connectivity index (χ1) is 14.0. The molecule has 1 aromatic heterocycles. The maximum Gasteiger partial charge on any atom is 0.260 e. The molecule has 1 N–H and O–H groups in total. The minimum Gasteiger partial charge on any atom is -0.484 e. The molecular weight excluding hydrogens is 370 g/mol. The Morgan fingerprint density at radius 1 is 1.28 bits per heavy atom. The predicted molar refractivity (Wildman–Crippen MR) is 109 cm³/mol. The van der Waals surface area contributed by atoms with E-state index in [0.717, 1.165) is 19.4 Å². The molecule has 1 aliphatic rings. The summed E-state index contributed by atoms with van der Waals surface area (Å²) in [4.78, 5) is 36.9. The molecule has 2 amide bonds. The summed E-state index contributed by atoms with van der Waals surface area (Å²) in [6.45, 7) is 2.57. The van der Waals surface area contributed by atoms with Gasteiger partial charge in [-0.1, -0.05) is 18.2 Å². The lowest BCUT2D eigenvalue weighted by Crippen LogP contribution is -2.32. The van der Waals surface area contributed by atoms with Crippen LogP contribution >= 0.6 is 0 Å². The fourth-order valence-corrected chi connectivity index (χ4v) is 3.39. The average Bonchev–Trinajstić information content (AvgIpc) is 3.23. The third kappa shape index (κ3) is 5.22. The molecule has 1 atom stereocenters. The van der Waals surface area contributed by atoms with Crippen molar-refractivity contribution >= 4 is 17.6 Å². The van der Waals surface area contributed by atoms with Crippen LogP contribution in [0, 0.1) is 0 Å². The van der Waals surface area contributed by atoms with Gasteiger partial charge in [-0.25, -0.2) is 9.97 Å². The molecule has 0 spiro atoms. The summed E-state index contributed by atoms with van der Waals surface area (Å²) < 4.78 is 5.54. The lowest BCUT2D eigenvalue weighted by Gasteiger charge is -2.23. The zero-order chi connectivity index (χ0) is 20.8. The van der Waals surface area contributed by atoms with E-state index >= 15 is 0 Å². The van der Waals surface area contributed by atoms with Gasteiger partial charge in [-0.3, -0.25) is 9.59 Å². The number of carbonyl (C=O) groups is 2. The summed E-state index contributed by atoms with van der Waals surface area (Å²) in [5.41, 5.74) is 0.713. The Kier molecular flexibility index (Phi) is 6.64. The van der Waals surface area contributed by atoms with Gasteiger partial charge in [0, 0.05) is 33.6 Å². The molecule has 1 saturated heterocycles. The molecule has 8 nitrogen and oxygen atoms in total. The Morgan fingerprint density at radius 3 is 2.72 bits per heavy atom. The molecule has 2 aromatic rings. The van der Waals surface area contributed by atoms with E-state index in [2.05, 4.69) is 15.3 Å². The largest absolute Gasteiger partial charge is 0.484 e. The summed E-state index contributed by atoms with van der Waals surface area (Å²) in [5.74, 6) is 1.81. The van der Waals surface area contributed by atoms with Crippen molar-refractivity contribution in [3.8, 4) is 5.75 Å². The Bertz CT molecular complexity index is 859. The maximum absolute atomic E-state index is 12.4. The summed E-state index contributed by atoms with van der Waals surface area (Å²) in [5, 5.41) is 3.04. The van der Waals surface area contributed by atoms with Gasteiger partial charge in [0.25, 0.3) is 5.91 Å². The molecule has 1 aliphatic heterocycles. The number of aromatic nitrogens is 2. The maximum atomic E-state index is 12.4. The van der Waals surface area contributed by atoms with Crippen LogP contribution in [-0.4, -0.2) is 58.8 Å². The van der Waals surface area contributed by atoms with Crippen LogP contribution in [0.5, 0.6) is 5.75 Å². The van der Waals surface area contributed by atoms with E-state index < -0.39 is 0 Å². The molecule has 1 fully saturated rings. The summed E-state index contributed by atoms with van der Waals surface area (Å²) in [6.07, 6.45) is 1.77. The topological polar surface area (TPSA) is 87.7 Å². The Balaban J connectivity index is 1.69. The number of rotatable bonds is 7. The van der Waals surface area contributed by atoms with Gasteiger partial charge in [-0.2, -0.15) is 0 Å². The number of hydrogen-bond acceptors (Lipinski definition) is 6.